The molecule has 0 aromatic carbocycles. The molecular weight excluding hydrogens is 288 g/mol. The highest BCUT2D eigenvalue weighted by molar-refractivity contribution is 4.83. The summed E-state index contributed by atoms with van der Waals surface area (Å²) in [5.74, 6) is 0.780. The summed E-state index contributed by atoms with van der Waals surface area (Å²) in [6.07, 6.45) is 6.01. The Bertz CT molecular complexity index is 306. The van der Waals surface area contributed by atoms with Crippen LogP contribution in [0.4, 0.5) is 0 Å². The fraction of sp³-hybridized carbons (Fsp3) is 1.00. The van der Waals surface area contributed by atoms with Crippen molar-refractivity contribution in [2.24, 2.45) is 5.92 Å². The van der Waals surface area contributed by atoms with E-state index in [4.69, 9.17) is 9.47 Å². The van der Waals surface area contributed by atoms with E-state index in [0.717, 1.165) is 31.7 Å². The quantitative estimate of drug-likeness (QED) is 0.684. The first-order valence-corrected chi connectivity index (χ1v) is 9.74. The zero-order chi connectivity index (χ0) is 16.7. The van der Waals surface area contributed by atoms with Gasteiger partial charge in [0.15, 0.2) is 0 Å². The standard InChI is InChI=1S/C19H38N2O2/c1-16(2)22-14-13-20-9-7-19(8-10-20)21-11-5-18(6-12-21)15-23-17(3)4/h16-19H,5-15H2,1-4H3. The van der Waals surface area contributed by atoms with Crippen LogP contribution >= 0.6 is 0 Å². The Morgan fingerprint density at radius 1 is 0.826 bits per heavy atom. The highest BCUT2D eigenvalue weighted by Gasteiger charge is 2.28. The predicted molar refractivity (Wildman–Crippen MR) is 95.9 cm³/mol. The summed E-state index contributed by atoms with van der Waals surface area (Å²) in [6, 6.07) is 0.809. The van der Waals surface area contributed by atoms with Crippen molar-refractivity contribution < 1.29 is 9.47 Å². The van der Waals surface area contributed by atoms with Crippen LogP contribution in [0.25, 0.3) is 0 Å². The predicted octanol–water partition coefficient (Wildman–Crippen LogP) is 3.01. The van der Waals surface area contributed by atoms with Gasteiger partial charge in [-0.15, -0.1) is 0 Å². The zero-order valence-corrected chi connectivity index (χ0v) is 15.8. The lowest BCUT2D eigenvalue weighted by Crippen LogP contribution is -2.48. The van der Waals surface area contributed by atoms with E-state index in [1.165, 1.54) is 51.9 Å². The highest BCUT2D eigenvalue weighted by Crippen LogP contribution is 2.24. The van der Waals surface area contributed by atoms with Gasteiger partial charge in [0.1, 0.15) is 0 Å². The summed E-state index contributed by atoms with van der Waals surface area (Å²) in [7, 11) is 0. The van der Waals surface area contributed by atoms with Gasteiger partial charge in [-0.05, 0) is 85.5 Å². The molecule has 2 fully saturated rings. The van der Waals surface area contributed by atoms with Crippen molar-refractivity contribution in [3.63, 3.8) is 0 Å². The molecule has 0 atom stereocenters. The number of nitrogens with zero attached hydrogens (tertiary/aromatic N) is 2. The molecule has 23 heavy (non-hydrogen) atoms. The molecule has 0 saturated carbocycles. The van der Waals surface area contributed by atoms with E-state index < -0.39 is 0 Å². The Kier molecular flexibility index (Phi) is 8.31. The van der Waals surface area contributed by atoms with E-state index in [0.29, 0.717) is 12.2 Å². The summed E-state index contributed by atoms with van der Waals surface area (Å²) in [5, 5.41) is 0. The van der Waals surface area contributed by atoms with E-state index in [-0.39, 0.29) is 0 Å². The first-order valence-electron chi connectivity index (χ1n) is 9.74. The molecule has 0 aromatic heterocycles. The van der Waals surface area contributed by atoms with Crippen LogP contribution in [0.15, 0.2) is 0 Å². The van der Waals surface area contributed by atoms with Crippen molar-refractivity contribution in [1.29, 1.82) is 0 Å². The smallest absolute Gasteiger partial charge is 0.0596 e. The maximum atomic E-state index is 5.79. The third-order valence-corrected chi connectivity index (χ3v) is 5.25. The monoisotopic (exact) mass is 326 g/mol. The van der Waals surface area contributed by atoms with E-state index in [2.05, 4.69) is 37.5 Å². The lowest BCUT2D eigenvalue weighted by atomic mass is 9.94. The summed E-state index contributed by atoms with van der Waals surface area (Å²) in [6.45, 7) is 16.4. The molecule has 0 bridgehead atoms. The molecule has 2 aliphatic heterocycles. The molecule has 0 amide bonds. The van der Waals surface area contributed by atoms with Gasteiger partial charge in [-0.25, -0.2) is 0 Å². The number of piperidine rings is 2. The molecule has 4 heteroatoms. The van der Waals surface area contributed by atoms with E-state index >= 15 is 0 Å². The van der Waals surface area contributed by atoms with Crippen molar-refractivity contribution in [1.82, 2.24) is 9.80 Å². The Hall–Kier alpha value is -0.160. The van der Waals surface area contributed by atoms with Crippen LogP contribution in [0, 0.1) is 5.92 Å². The summed E-state index contributed by atoms with van der Waals surface area (Å²) >= 11 is 0. The molecular formula is C19H38N2O2. The summed E-state index contributed by atoms with van der Waals surface area (Å²) < 4.78 is 11.5. The van der Waals surface area contributed by atoms with Crippen LogP contribution in [-0.4, -0.2) is 74.0 Å². The Balaban J connectivity index is 1.59. The molecule has 4 nitrogen and oxygen atoms in total. The summed E-state index contributed by atoms with van der Waals surface area (Å²) in [4.78, 5) is 5.32. The van der Waals surface area contributed by atoms with Gasteiger partial charge in [0.25, 0.3) is 0 Å². The Morgan fingerprint density at radius 3 is 2.00 bits per heavy atom. The Morgan fingerprint density at radius 2 is 1.43 bits per heavy atom. The second-order valence-electron chi connectivity index (χ2n) is 7.85. The third kappa shape index (κ3) is 7.08. The minimum Gasteiger partial charge on any atom is -0.379 e. The highest BCUT2D eigenvalue weighted by atomic mass is 16.5. The number of hydrogen-bond acceptors (Lipinski definition) is 4. The van der Waals surface area contributed by atoms with Gasteiger partial charge in [-0.1, -0.05) is 0 Å². The molecule has 0 aliphatic carbocycles. The van der Waals surface area contributed by atoms with Crippen LogP contribution in [0.3, 0.4) is 0 Å². The van der Waals surface area contributed by atoms with Crippen molar-refractivity contribution in [2.75, 3.05) is 45.9 Å². The minimum atomic E-state index is 0.355. The number of rotatable bonds is 8. The maximum Gasteiger partial charge on any atom is 0.0596 e. The maximum absolute atomic E-state index is 5.79. The van der Waals surface area contributed by atoms with Crippen LogP contribution < -0.4 is 0 Å². The van der Waals surface area contributed by atoms with E-state index in [1.807, 2.05) is 0 Å². The topological polar surface area (TPSA) is 24.9 Å². The fourth-order valence-corrected chi connectivity index (χ4v) is 3.74. The lowest BCUT2D eigenvalue weighted by Gasteiger charge is -2.41. The number of hydrogen-bond donors (Lipinski definition) is 0. The molecule has 0 unspecified atom stereocenters. The van der Waals surface area contributed by atoms with Gasteiger partial charge < -0.3 is 19.3 Å². The van der Waals surface area contributed by atoms with Gasteiger partial charge in [0.2, 0.25) is 0 Å². The number of ether oxygens (including phenoxy) is 2. The second kappa shape index (κ2) is 9.97. The molecule has 0 spiro atoms. The van der Waals surface area contributed by atoms with Crippen LogP contribution in [-0.2, 0) is 9.47 Å². The molecule has 2 heterocycles. The van der Waals surface area contributed by atoms with Crippen LogP contribution in [0.2, 0.25) is 0 Å². The largest absolute Gasteiger partial charge is 0.379 e. The summed E-state index contributed by atoms with van der Waals surface area (Å²) in [5.41, 5.74) is 0. The van der Waals surface area contributed by atoms with Crippen molar-refractivity contribution in [2.45, 2.75) is 71.6 Å². The average Bonchev–Trinajstić information content (AvgIpc) is 2.54. The molecule has 2 aliphatic rings. The van der Waals surface area contributed by atoms with Gasteiger partial charge in [0.05, 0.1) is 18.8 Å². The van der Waals surface area contributed by atoms with Crippen molar-refractivity contribution in [3.8, 4) is 0 Å². The molecule has 0 aromatic rings. The van der Waals surface area contributed by atoms with Crippen molar-refractivity contribution >= 4 is 0 Å². The molecule has 0 radical (unpaired) electrons. The first kappa shape index (κ1) is 19.2. The molecule has 136 valence electrons. The van der Waals surface area contributed by atoms with Gasteiger partial charge in [-0.2, -0.15) is 0 Å². The Labute approximate surface area is 143 Å². The average molecular weight is 327 g/mol. The van der Waals surface area contributed by atoms with E-state index in [9.17, 15) is 0 Å². The second-order valence-corrected chi connectivity index (χ2v) is 7.85. The number of likely N-dealkylation sites (tertiary alicyclic amines) is 2. The van der Waals surface area contributed by atoms with Gasteiger partial charge >= 0.3 is 0 Å². The lowest BCUT2D eigenvalue weighted by molar-refractivity contribution is 0.0125. The van der Waals surface area contributed by atoms with Gasteiger partial charge in [0, 0.05) is 19.2 Å². The molecule has 2 rings (SSSR count). The first-order chi connectivity index (χ1) is 11.0. The van der Waals surface area contributed by atoms with Crippen molar-refractivity contribution in [3.05, 3.63) is 0 Å². The van der Waals surface area contributed by atoms with Crippen LogP contribution in [0.5, 0.6) is 0 Å². The molecule has 0 N–H and O–H groups in total. The zero-order valence-electron chi connectivity index (χ0n) is 15.8. The fourth-order valence-electron chi connectivity index (χ4n) is 3.74. The molecule has 2 saturated heterocycles. The normalized spacial score (nSPS) is 23.2. The van der Waals surface area contributed by atoms with Gasteiger partial charge in [-0.3, -0.25) is 0 Å². The van der Waals surface area contributed by atoms with E-state index in [1.54, 1.807) is 0 Å². The minimum absolute atomic E-state index is 0.355. The SMILES string of the molecule is CC(C)OCCN1CCC(N2CCC(COC(C)C)CC2)CC1. The third-order valence-electron chi connectivity index (χ3n) is 5.25. The van der Waals surface area contributed by atoms with Crippen LogP contribution in [0.1, 0.15) is 53.4 Å².